The third kappa shape index (κ3) is 5.20. The summed E-state index contributed by atoms with van der Waals surface area (Å²) in [4.78, 5) is 11.0. The van der Waals surface area contributed by atoms with Gasteiger partial charge in [0.05, 0.1) is 5.92 Å². The maximum Gasteiger partial charge on any atom is 0.310 e. The predicted octanol–water partition coefficient (Wildman–Crippen LogP) is 2.85. The number of rotatable bonds is 7. The lowest BCUT2D eigenvalue weighted by atomic mass is 9.94. The van der Waals surface area contributed by atoms with E-state index in [1.807, 2.05) is 19.1 Å². The van der Waals surface area contributed by atoms with Crippen LogP contribution in [0.1, 0.15) is 20.3 Å². The molecule has 0 radical (unpaired) electrons. The van der Waals surface area contributed by atoms with E-state index in [1.54, 1.807) is 19.3 Å². The first-order chi connectivity index (χ1) is 7.52. The van der Waals surface area contributed by atoms with Crippen LogP contribution in [0, 0.1) is 5.92 Å². The Balaban J connectivity index is 4.77. The molecule has 2 N–H and O–H groups in total. The number of carbonyl (C=O) groups is 1. The molecule has 3 heteroatoms. The fraction of sp³-hybridized carbons (Fsp3) is 0.308. The fourth-order valence-corrected chi connectivity index (χ4v) is 1.26. The summed E-state index contributed by atoms with van der Waals surface area (Å²) in [5.74, 6) is -1.39. The second-order valence-corrected chi connectivity index (χ2v) is 3.53. The van der Waals surface area contributed by atoms with Crippen LogP contribution < -0.4 is 5.32 Å². The van der Waals surface area contributed by atoms with Gasteiger partial charge >= 0.3 is 5.97 Å². The minimum absolute atomic E-state index is 0.426. The molecule has 0 aliphatic heterocycles. The van der Waals surface area contributed by atoms with Crippen LogP contribution in [-0.4, -0.2) is 11.1 Å². The van der Waals surface area contributed by atoms with Gasteiger partial charge in [-0.1, -0.05) is 30.9 Å². The summed E-state index contributed by atoms with van der Waals surface area (Å²) in [6, 6.07) is 0. The third-order valence-electron chi connectivity index (χ3n) is 2.10. The van der Waals surface area contributed by atoms with Gasteiger partial charge < -0.3 is 10.4 Å². The van der Waals surface area contributed by atoms with Gasteiger partial charge in [0.15, 0.2) is 0 Å². The predicted molar refractivity (Wildman–Crippen MR) is 66.8 cm³/mol. The number of carboxylic acid groups (broad SMARTS) is 1. The van der Waals surface area contributed by atoms with Crippen LogP contribution in [0.5, 0.6) is 0 Å². The SMILES string of the molecule is C=CN/C=C(\C=C\C)C[C@H](C(=C)C)C(=O)O. The first kappa shape index (κ1) is 14.2. The van der Waals surface area contributed by atoms with Crippen LogP contribution in [0.4, 0.5) is 0 Å². The number of hydrogen-bond acceptors (Lipinski definition) is 2. The van der Waals surface area contributed by atoms with E-state index in [-0.39, 0.29) is 0 Å². The van der Waals surface area contributed by atoms with Gasteiger partial charge in [0.1, 0.15) is 0 Å². The lowest BCUT2D eigenvalue weighted by molar-refractivity contribution is -0.140. The van der Waals surface area contributed by atoms with Crippen molar-refractivity contribution in [2.75, 3.05) is 0 Å². The van der Waals surface area contributed by atoms with Gasteiger partial charge in [-0.15, -0.1) is 0 Å². The summed E-state index contributed by atoms with van der Waals surface area (Å²) in [5, 5.41) is 11.9. The Morgan fingerprint density at radius 1 is 1.56 bits per heavy atom. The van der Waals surface area contributed by atoms with E-state index in [0.717, 1.165) is 5.57 Å². The van der Waals surface area contributed by atoms with Crippen LogP contribution in [0.15, 0.2) is 48.9 Å². The summed E-state index contributed by atoms with van der Waals surface area (Å²) in [5.41, 5.74) is 1.55. The van der Waals surface area contributed by atoms with Crippen molar-refractivity contribution < 1.29 is 9.90 Å². The Labute approximate surface area is 96.9 Å². The van der Waals surface area contributed by atoms with E-state index in [2.05, 4.69) is 18.5 Å². The van der Waals surface area contributed by atoms with Gasteiger partial charge in [-0.3, -0.25) is 4.79 Å². The van der Waals surface area contributed by atoms with Crippen molar-refractivity contribution >= 4 is 5.97 Å². The quantitative estimate of drug-likeness (QED) is 0.513. The second-order valence-electron chi connectivity index (χ2n) is 3.53. The van der Waals surface area contributed by atoms with Gasteiger partial charge in [-0.25, -0.2) is 0 Å². The number of hydrogen-bond donors (Lipinski definition) is 2. The molecular weight excluding hydrogens is 202 g/mol. The standard InChI is InChI=1S/C13H19NO2/c1-5-7-11(9-14-6-2)8-12(10(3)4)13(15)16/h5-7,9,12,14H,2-3,8H2,1,4H3,(H,15,16)/b7-5+,11-9+/t12-/m1/s1. The summed E-state index contributed by atoms with van der Waals surface area (Å²) in [6.07, 6.45) is 7.45. The van der Waals surface area contributed by atoms with Crippen molar-refractivity contribution in [1.29, 1.82) is 0 Å². The average Bonchev–Trinajstić information content (AvgIpc) is 2.21. The highest BCUT2D eigenvalue weighted by atomic mass is 16.4. The summed E-state index contributed by atoms with van der Waals surface area (Å²) >= 11 is 0. The zero-order valence-electron chi connectivity index (χ0n) is 9.86. The van der Waals surface area contributed by atoms with Crippen LogP contribution >= 0.6 is 0 Å². The smallest absolute Gasteiger partial charge is 0.310 e. The summed E-state index contributed by atoms with van der Waals surface area (Å²) in [6.45, 7) is 10.8. The van der Waals surface area contributed by atoms with Crippen molar-refractivity contribution in [3.8, 4) is 0 Å². The maximum absolute atomic E-state index is 11.0. The minimum atomic E-state index is -0.846. The molecule has 0 aliphatic carbocycles. The molecule has 0 spiro atoms. The molecule has 0 saturated heterocycles. The van der Waals surface area contributed by atoms with E-state index in [1.165, 1.54) is 0 Å². The normalized spacial score (nSPS) is 13.5. The molecule has 0 amide bonds. The highest BCUT2D eigenvalue weighted by Gasteiger charge is 2.18. The van der Waals surface area contributed by atoms with Crippen molar-refractivity contribution in [2.45, 2.75) is 20.3 Å². The molecule has 0 saturated carbocycles. The largest absolute Gasteiger partial charge is 0.481 e. The van der Waals surface area contributed by atoms with Gasteiger partial charge in [-0.2, -0.15) is 0 Å². The molecule has 0 fully saturated rings. The van der Waals surface area contributed by atoms with Crippen molar-refractivity contribution in [2.24, 2.45) is 5.92 Å². The Morgan fingerprint density at radius 2 is 2.19 bits per heavy atom. The topological polar surface area (TPSA) is 49.3 Å². The monoisotopic (exact) mass is 221 g/mol. The minimum Gasteiger partial charge on any atom is -0.481 e. The molecule has 0 rings (SSSR count). The summed E-state index contributed by atoms with van der Waals surface area (Å²) < 4.78 is 0. The number of aliphatic carboxylic acids is 1. The molecule has 0 unspecified atom stereocenters. The Morgan fingerprint density at radius 3 is 2.56 bits per heavy atom. The Hall–Kier alpha value is -1.77. The zero-order chi connectivity index (χ0) is 12.6. The van der Waals surface area contributed by atoms with E-state index in [0.29, 0.717) is 12.0 Å². The molecule has 0 heterocycles. The molecule has 0 aromatic carbocycles. The highest BCUT2D eigenvalue weighted by Crippen LogP contribution is 2.19. The van der Waals surface area contributed by atoms with E-state index in [9.17, 15) is 4.79 Å². The second kappa shape index (κ2) is 7.51. The third-order valence-corrected chi connectivity index (χ3v) is 2.10. The zero-order valence-corrected chi connectivity index (χ0v) is 9.86. The van der Waals surface area contributed by atoms with Crippen LogP contribution in [0.25, 0.3) is 0 Å². The van der Waals surface area contributed by atoms with Crippen molar-refractivity contribution in [3.05, 3.63) is 48.9 Å². The molecule has 88 valence electrons. The maximum atomic E-state index is 11.0. The molecule has 16 heavy (non-hydrogen) atoms. The lowest BCUT2D eigenvalue weighted by Gasteiger charge is -2.12. The van der Waals surface area contributed by atoms with Crippen molar-refractivity contribution in [3.63, 3.8) is 0 Å². The molecule has 0 bridgehead atoms. The van der Waals surface area contributed by atoms with Crippen LogP contribution in [-0.2, 0) is 4.79 Å². The van der Waals surface area contributed by atoms with Gasteiger partial charge in [0.25, 0.3) is 0 Å². The lowest BCUT2D eigenvalue weighted by Crippen LogP contribution is -2.15. The number of carboxylic acids is 1. The first-order valence-electron chi connectivity index (χ1n) is 5.09. The summed E-state index contributed by atoms with van der Waals surface area (Å²) in [7, 11) is 0. The number of allylic oxidation sites excluding steroid dienone is 3. The van der Waals surface area contributed by atoms with Gasteiger partial charge in [0, 0.05) is 6.20 Å². The highest BCUT2D eigenvalue weighted by molar-refractivity contribution is 5.73. The molecule has 1 atom stereocenters. The van der Waals surface area contributed by atoms with Crippen LogP contribution in [0.3, 0.4) is 0 Å². The van der Waals surface area contributed by atoms with Crippen molar-refractivity contribution in [1.82, 2.24) is 5.32 Å². The Kier molecular flexibility index (Phi) is 6.68. The van der Waals surface area contributed by atoms with E-state index >= 15 is 0 Å². The number of nitrogens with one attached hydrogen (secondary N) is 1. The fourth-order valence-electron chi connectivity index (χ4n) is 1.26. The van der Waals surface area contributed by atoms with E-state index < -0.39 is 11.9 Å². The average molecular weight is 221 g/mol. The molecular formula is C13H19NO2. The Bertz CT molecular complexity index is 313. The molecule has 0 aromatic heterocycles. The van der Waals surface area contributed by atoms with E-state index in [4.69, 9.17) is 5.11 Å². The molecule has 0 aromatic rings. The molecule has 3 nitrogen and oxygen atoms in total. The first-order valence-corrected chi connectivity index (χ1v) is 5.09. The van der Waals surface area contributed by atoms with Gasteiger partial charge in [-0.05, 0) is 32.0 Å². The molecule has 0 aliphatic rings. The van der Waals surface area contributed by atoms with Gasteiger partial charge in [0.2, 0.25) is 0 Å². The van der Waals surface area contributed by atoms with Crippen LogP contribution in [0.2, 0.25) is 0 Å².